The van der Waals surface area contributed by atoms with Crippen LogP contribution in [0.25, 0.3) is 0 Å². The first-order chi connectivity index (χ1) is 11.9. The van der Waals surface area contributed by atoms with Crippen molar-refractivity contribution in [2.45, 2.75) is 56.6 Å². The number of amides is 1. The molecular formula is C17H23FN4O2S. The van der Waals surface area contributed by atoms with Gasteiger partial charge in [-0.1, -0.05) is 37.2 Å². The Kier molecular flexibility index (Phi) is 6.81. The van der Waals surface area contributed by atoms with Gasteiger partial charge in [-0.3, -0.25) is 9.36 Å². The maximum absolute atomic E-state index is 13.0. The van der Waals surface area contributed by atoms with E-state index in [9.17, 15) is 14.0 Å². The Bertz CT molecular complexity index is 757. The normalized spacial score (nSPS) is 13.4. The highest BCUT2D eigenvalue weighted by molar-refractivity contribution is 8.00. The smallest absolute Gasteiger partial charge is 0.343 e. The second-order valence-corrected chi connectivity index (χ2v) is 7.17. The Labute approximate surface area is 150 Å². The molecule has 1 amide bonds. The number of hydrogen-bond acceptors (Lipinski definition) is 4. The Hall–Kier alpha value is -2.09. The Morgan fingerprint density at radius 3 is 2.68 bits per heavy atom. The molecule has 1 heterocycles. The molecule has 2 aromatic rings. The van der Waals surface area contributed by atoms with Gasteiger partial charge in [-0.15, -0.1) is 5.10 Å². The Balaban J connectivity index is 1.98. The minimum atomic E-state index is -0.418. The van der Waals surface area contributed by atoms with Crippen molar-refractivity contribution in [3.05, 3.63) is 46.1 Å². The fourth-order valence-electron chi connectivity index (χ4n) is 2.28. The summed E-state index contributed by atoms with van der Waals surface area (Å²) in [6.07, 6.45) is 1.84. The van der Waals surface area contributed by atoms with Crippen LogP contribution in [0, 0.1) is 5.82 Å². The molecule has 0 radical (unpaired) electrons. The monoisotopic (exact) mass is 366 g/mol. The van der Waals surface area contributed by atoms with Crippen molar-refractivity contribution in [2.75, 3.05) is 0 Å². The molecule has 136 valence electrons. The number of carbonyl (C=O) groups excluding carboxylic acids is 1. The van der Waals surface area contributed by atoms with E-state index >= 15 is 0 Å². The van der Waals surface area contributed by atoms with Gasteiger partial charge in [-0.05, 0) is 38.0 Å². The van der Waals surface area contributed by atoms with Crippen LogP contribution in [0.3, 0.4) is 0 Å². The lowest BCUT2D eigenvalue weighted by molar-refractivity contribution is -0.120. The molecule has 0 aliphatic rings. The topological polar surface area (TPSA) is 79.8 Å². The van der Waals surface area contributed by atoms with Crippen molar-refractivity contribution in [2.24, 2.45) is 0 Å². The summed E-state index contributed by atoms with van der Waals surface area (Å²) in [7, 11) is 0. The number of unbranched alkanes of at least 4 members (excludes halogenated alkanes) is 1. The molecule has 0 fully saturated rings. The third-order valence-corrected chi connectivity index (χ3v) is 4.93. The van der Waals surface area contributed by atoms with Crippen LogP contribution in [0.1, 0.15) is 45.2 Å². The number of benzene rings is 1. The average Bonchev–Trinajstić information content (AvgIpc) is 2.93. The summed E-state index contributed by atoms with van der Waals surface area (Å²) in [5.74, 6) is -0.478. The van der Waals surface area contributed by atoms with Gasteiger partial charge in [-0.25, -0.2) is 14.3 Å². The van der Waals surface area contributed by atoms with Gasteiger partial charge in [0, 0.05) is 6.54 Å². The van der Waals surface area contributed by atoms with E-state index < -0.39 is 5.25 Å². The summed E-state index contributed by atoms with van der Waals surface area (Å²) < 4.78 is 14.5. The van der Waals surface area contributed by atoms with Crippen LogP contribution in [0.2, 0.25) is 0 Å². The minimum Gasteiger partial charge on any atom is -0.349 e. The molecule has 0 aliphatic heterocycles. The highest BCUT2D eigenvalue weighted by atomic mass is 32.2. The van der Waals surface area contributed by atoms with Crippen LogP contribution < -0.4 is 11.0 Å². The molecule has 0 aliphatic carbocycles. The molecule has 0 saturated heterocycles. The third kappa shape index (κ3) is 5.19. The average molecular weight is 366 g/mol. The quantitative estimate of drug-likeness (QED) is 0.704. The number of carbonyl (C=O) groups is 1. The summed E-state index contributed by atoms with van der Waals surface area (Å²) in [5, 5.41) is 9.43. The maximum atomic E-state index is 13.0. The maximum Gasteiger partial charge on any atom is 0.343 e. The number of aromatic nitrogens is 3. The van der Waals surface area contributed by atoms with Crippen LogP contribution in [0.4, 0.5) is 4.39 Å². The SMILES string of the molecule is CCCCn1c(S[C@H](C)C(=O)N[C@@H](C)c2ccc(F)cc2)n[nH]c1=O. The van der Waals surface area contributed by atoms with Crippen molar-refractivity contribution in [1.29, 1.82) is 0 Å². The van der Waals surface area contributed by atoms with E-state index in [-0.39, 0.29) is 23.5 Å². The fourth-order valence-corrected chi connectivity index (χ4v) is 3.17. The standard InChI is InChI=1S/C17H23FN4O2S/c1-4-5-10-22-16(24)20-21-17(22)25-12(3)15(23)19-11(2)13-6-8-14(18)9-7-13/h6-9,11-12H,4-5,10H2,1-3H3,(H,19,23)(H,20,24)/t11-,12+/m0/s1. The third-order valence-electron chi connectivity index (χ3n) is 3.84. The molecule has 0 saturated carbocycles. The number of H-pyrrole nitrogens is 1. The molecule has 0 bridgehead atoms. The van der Waals surface area contributed by atoms with Crippen molar-refractivity contribution in [1.82, 2.24) is 20.1 Å². The van der Waals surface area contributed by atoms with E-state index in [1.54, 1.807) is 23.6 Å². The largest absolute Gasteiger partial charge is 0.349 e. The summed E-state index contributed by atoms with van der Waals surface area (Å²) in [6, 6.07) is 5.79. The van der Waals surface area contributed by atoms with Crippen LogP contribution >= 0.6 is 11.8 Å². The number of nitrogens with zero attached hydrogens (tertiary/aromatic N) is 2. The molecule has 1 aromatic carbocycles. The lowest BCUT2D eigenvalue weighted by Gasteiger charge is -2.17. The number of rotatable bonds is 8. The van der Waals surface area contributed by atoms with E-state index in [0.717, 1.165) is 18.4 Å². The number of hydrogen-bond donors (Lipinski definition) is 2. The van der Waals surface area contributed by atoms with Gasteiger partial charge in [0.1, 0.15) is 5.82 Å². The highest BCUT2D eigenvalue weighted by Gasteiger charge is 2.20. The minimum absolute atomic E-state index is 0.167. The molecule has 0 spiro atoms. The fraction of sp³-hybridized carbons (Fsp3) is 0.471. The van der Waals surface area contributed by atoms with Crippen LogP contribution in [0.5, 0.6) is 0 Å². The Morgan fingerprint density at radius 2 is 2.04 bits per heavy atom. The van der Waals surface area contributed by atoms with Gasteiger partial charge in [-0.2, -0.15) is 0 Å². The van der Waals surface area contributed by atoms with Crippen LogP contribution in [0.15, 0.2) is 34.2 Å². The highest BCUT2D eigenvalue weighted by Crippen LogP contribution is 2.21. The molecule has 6 nitrogen and oxygen atoms in total. The zero-order chi connectivity index (χ0) is 18.4. The molecule has 2 rings (SSSR count). The number of nitrogens with one attached hydrogen (secondary N) is 2. The van der Waals surface area contributed by atoms with Gasteiger partial charge in [0.15, 0.2) is 5.16 Å². The zero-order valence-electron chi connectivity index (χ0n) is 14.6. The van der Waals surface area contributed by atoms with Crippen LogP contribution in [-0.2, 0) is 11.3 Å². The summed E-state index contributed by atoms with van der Waals surface area (Å²) in [4.78, 5) is 24.2. The first kappa shape index (κ1) is 19.2. The van der Waals surface area contributed by atoms with Gasteiger partial charge in [0.2, 0.25) is 5.91 Å². The number of aromatic amines is 1. The molecular weight excluding hydrogens is 343 g/mol. The first-order valence-corrected chi connectivity index (χ1v) is 9.18. The number of halogens is 1. The van der Waals surface area contributed by atoms with Gasteiger partial charge >= 0.3 is 5.69 Å². The summed E-state index contributed by atoms with van der Waals surface area (Å²) in [5.41, 5.74) is 0.565. The van der Waals surface area contributed by atoms with Crippen LogP contribution in [-0.4, -0.2) is 25.9 Å². The van der Waals surface area contributed by atoms with E-state index in [4.69, 9.17) is 0 Å². The van der Waals surface area contributed by atoms with Gasteiger partial charge < -0.3 is 5.32 Å². The van der Waals surface area contributed by atoms with E-state index in [1.807, 2.05) is 13.8 Å². The molecule has 2 atom stereocenters. The molecule has 0 unspecified atom stereocenters. The van der Waals surface area contributed by atoms with E-state index in [0.29, 0.717) is 11.7 Å². The first-order valence-electron chi connectivity index (χ1n) is 8.30. The van der Waals surface area contributed by atoms with Gasteiger partial charge in [0.05, 0.1) is 11.3 Å². The van der Waals surface area contributed by atoms with Gasteiger partial charge in [0.25, 0.3) is 0 Å². The zero-order valence-corrected chi connectivity index (χ0v) is 15.4. The van der Waals surface area contributed by atoms with Crippen molar-refractivity contribution in [3.63, 3.8) is 0 Å². The molecule has 2 N–H and O–H groups in total. The Morgan fingerprint density at radius 1 is 1.36 bits per heavy atom. The number of thioether (sulfide) groups is 1. The van der Waals surface area contributed by atoms with Crippen molar-refractivity contribution >= 4 is 17.7 Å². The second kappa shape index (κ2) is 8.84. The van der Waals surface area contributed by atoms with Crippen molar-refractivity contribution < 1.29 is 9.18 Å². The van der Waals surface area contributed by atoms with E-state index in [1.165, 1.54) is 23.9 Å². The summed E-state index contributed by atoms with van der Waals surface area (Å²) >= 11 is 1.24. The second-order valence-electron chi connectivity index (χ2n) is 5.86. The van der Waals surface area contributed by atoms with E-state index in [2.05, 4.69) is 15.5 Å². The molecule has 8 heteroatoms. The van der Waals surface area contributed by atoms with Crippen molar-refractivity contribution in [3.8, 4) is 0 Å². The predicted molar refractivity (Wildman–Crippen MR) is 96.0 cm³/mol. The molecule has 1 aromatic heterocycles. The molecule has 25 heavy (non-hydrogen) atoms. The lowest BCUT2D eigenvalue weighted by Crippen LogP contribution is -2.33. The lowest BCUT2D eigenvalue weighted by atomic mass is 10.1. The summed E-state index contributed by atoms with van der Waals surface area (Å²) in [6.45, 7) is 6.23. The predicted octanol–water partition coefficient (Wildman–Crippen LogP) is 2.87.